The van der Waals surface area contributed by atoms with Crippen LogP contribution < -0.4 is 10.6 Å². The highest BCUT2D eigenvalue weighted by Crippen LogP contribution is 2.23. The van der Waals surface area contributed by atoms with Gasteiger partial charge in [0.05, 0.1) is 0 Å². The fraction of sp³-hybridized carbons (Fsp3) is 0.526. The van der Waals surface area contributed by atoms with Crippen molar-refractivity contribution in [2.24, 2.45) is 0 Å². The molecule has 4 heteroatoms. The molecular formula is C19H27N3O. The Morgan fingerprint density at radius 2 is 2.00 bits per heavy atom. The molecule has 1 heterocycles. The summed E-state index contributed by atoms with van der Waals surface area (Å²) < 4.78 is 0. The average molecular weight is 313 g/mol. The summed E-state index contributed by atoms with van der Waals surface area (Å²) in [6.07, 6.45) is 6.87. The van der Waals surface area contributed by atoms with Gasteiger partial charge >= 0.3 is 6.03 Å². The van der Waals surface area contributed by atoms with Gasteiger partial charge in [-0.25, -0.2) is 4.79 Å². The van der Waals surface area contributed by atoms with Gasteiger partial charge in [0, 0.05) is 29.2 Å². The van der Waals surface area contributed by atoms with Crippen LogP contribution in [-0.4, -0.2) is 23.6 Å². The van der Waals surface area contributed by atoms with Crippen LogP contribution in [0.2, 0.25) is 0 Å². The third-order valence-electron chi connectivity index (χ3n) is 4.88. The zero-order valence-corrected chi connectivity index (χ0v) is 14.2. The first-order valence-electron chi connectivity index (χ1n) is 8.75. The van der Waals surface area contributed by atoms with Crippen molar-refractivity contribution >= 4 is 16.9 Å². The second-order valence-corrected chi connectivity index (χ2v) is 6.76. The number of nitrogens with one attached hydrogen (secondary N) is 3. The van der Waals surface area contributed by atoms with E-state index in [4.69, 9.17) is 0 Å². The Balaban J connectivity index is 1.55. The number of amides is 2. The van der Waals surface area contributed by atoms with Crippen molar-refractivity contribution in [3.8, 4) is 0 Å². The van der Waals surface area contributed by atoms with Crippen LogP contribution in [0.5, 0.6) is 0 Å². The van der Waals surface area contributed by atoms with Crippen LogP contribution in [0.15, 0.2) is 18.2 Å². The van der Waals surface area contributed by atoms with Crippen LogP contribution in [0.3, 0.4) is 0 Å². The molecule has 3 N–H and O–H groups in total. The highest BCUT2D eigenvalue weighted by atomic mass is 16.2. The number of carbonyl (C=O) groups excluding carboxylic acids is 1. The van der Waals surface area contributed by atoms with Crippen molar-refractivity contribution in [3.63, 3.8) is 0 Å². The van der Waals surface area contributed by atoms with Crippen molar-refractivity contribution in [1.82, 2.24) is 15.6 Å². The number of fused-ring (bicyclic) bond motifs is 1. The van der Waals surface area contributed by atoms with Gasteiger partial charge in [0.2, 0.25) is 0 Å². The molecule has 3 rings (SSSR count). The van der Waals surface area contributed by atoms with E-state index < -0.39 is 0 Å². The molecule has 1 aliphatic rings. The second kappa shape index (κ2) is 7.07. The van der Waals surface area contributed by atoms with Gasteiger partial charge in [0.1, 0.15) is 0 Å². The van der Waals surface area contributed by atoms with Crippen LogP contribution in [0.4, 0.5) is 4.79 Å². The summed E-state index contributed by atoms with van der Waals surface area (Å²) in [7, 11) is 0. The van der Waals surface area contributed by atoms with Gasteiger partial charge in [-0.15, -0.1) is 0 Å². The number of aryl methyl sites for hydroxylation is 2. The Morgan fingerprint density at radius 3 is 2.78 bits per heavy atom. The van der Waals surface area contributed by atoms with Crippen LogP contribution in [0, 0.1) is 13.8 Å². The predicted molar refractivity (Wildman–Crippen MR) is 94.9 cm³/mol. The minimum atomic E-state index is -0.0226. The molecule has 2 amide bonds. The fourth-order valence-electron chi connectivity index (χ4n) is 3.60. The predicted octanol–water partition coefficient (Wildman–Crippen LogP) is 3.96. The molecule has 0 spiro atoms. The molecule has 0 atom stereocenters. The van der Waals surface area contributed by atoms with Gasteiger partial charge in [0.15, 0.2) is 0 Å². The SMILES string of the molecule is Cc1ccc2[nH]c(C)c(CCNC(=O)NC3CCCCC3)c2c1. The molecule has 1 aromatic heterocycles. The molecule has 0 bridgehead atoms. The fourth-order valence-corrected chi connectivity index (χ4v) is 3.60. The van der Waals surface area contributed by atoms with Gasteiger partial charge in [0.25, 0.3) is 0 Å². The van der Waals surface area contributed by atoms with Gasteiger partial charge in [-0.3, -0.25) is 0 Å². The van der Waals surface area contributed by atoms with Crippen LogP contribution in [0.1, 0.15) is 48.9 Å². The number of aromatic amines is 1. The summed E-state index contributed by atoms with van der Waals surface area (Å²) >= 11 is 0. The third-order valence-corrected chi connectivity index (χ3v) is 4.88. The molecule has 1 aromatic carbocycles. The number of hydrogen-bond acceptors (Lipinski definition) is 1. The second-order valence-electron chi connectivity index (χ2n) is 6.76. The number of H-pyrrole nitrogens is 1. The standard InChI is InChI=1S/C19H27N3O/c1-13-8-9-18-17(12-13)16(14(2)21-18)10-11-20-19(23)22-15-6-4-3-5-7-15/h8-9,12,15,21H,3-7,10-11H2,1-2H3,(H2,20,22,23). The van der Waals surface area contributed by atoms with E-state index in [2.05, 4.69) is 47.7 Å². The molecule has 4 nitrogen and oxygen atoms in total. The lowest BCUT2D eigenvalue weighted by Gasteiger charge is -2.22. The molecule has 1 aliphatic carbocycles. The van der Waals surface area contributed by atoms with Gasteiger partial charge < -0.3 is 15.6 Å². The molecule has 0 unspecified atom stereocenters. The number of hydrogen-bond donors (Lipinski definition) is 3. The molecule has 0 aliphatic heterocycles. The number of urea groups is 1. The van der Waals surface area contributed by atoms with Crippen LogP contribution in [0.25, 0.3) is 10.9 Å². The minimum Gasteiger partial charge on any atom is -0.358 e. The summed E-state index contributed by atoms with van der Waals surface area (Å²) in [4.78, 5) is 15.4. The Labute approximate surface area is 138 Å². The summed E-state index contributed by atoms with van der Waals surface area (Å²) in [5, 5.41) is 7.39. The number of aromatic nitrogens is 1. The van der Waals surface area contributed by atoms with Crippen LogP contribution >= 0.6 is 0 Å². The Kier molecular flexibility index (Phi) is 4.89. The van der Waals surface area contributed by atoms with E-state index in [1.165, 1.54) is 47.0 Å². The average Bonchev–Trinajstić information content (AvgIpc) is 2.84. The first-order valence-corrected chi connectivity index (χ1v) is 8.75. The smallest absolute Gasteiger partial charge is 0.315 e. The zero-order valence-electron chi connectivity index (χ0n) is 14.2. The Bertz CT molecular complexity index is 683. The van der Waals surface area contributed by atoms with Crippen molar-refractivity contribution in [1.29, 1.82) is 0 Å². The zero-order chi connectivity index (χ0) is 16.2. The highest BCUT2D eigenvalue weighted by molar-refractivity contribution is 5.85. The summed E-state index contributed by atoms with van der Waals surface area (Å²) in [6.45, 7) is 4.88. The van der Waals surface area contributed by atoms with Gasteiger partial charge in [-0.05, 0) is 50.8 Å². The Hall–Kier alpha value is -1.97. The van der Waals surface area contributed by atoms with E-state index in [0.717, 1.165) is 19.3 Å². The third kappa shape index (κ3) is 3.87. The van der Waals surface area contributed by atoms with Gasteiger partial charge in [-0.2, -0.15) is 0 Å². The summed E-state index contributed by atoms with van der Waals surface area (Å²) in [5.74, 6) is 0. The topological polar surface area (TPSA) is 56.9 Å². The van der Waals surface area contributed by atoms with Crippen molar-refractivity contribution in [2.75, 3.05) is 6.54 Å². The van der Waals surface area contributed by atoms with E-state index in [1.807, 2.05) is 0 Å². The number of carbonyl (C=O) groups is 1. The summed E-state index contributed by atoms with van der Waals surface area (Å²) in [5.41, 5.74) is 4.94. The molecule has 0 radical (unpaired) electrons. The van der Waals surface area contributed by atoms with Crippen LogP contribution in [-0.2, 0) is 6.42 Å². The maximum atomic E-state index is 12.0. The van der Waals surface area contributed by atoms with E-state index >= 15 is 0 Å². The molecule has 0 saturated heterocycles. The van der Waals surface area contributed by atoms with Crippen molar-refractivity contribution in [3.05, 3.63) is 35.0 Å². The first kappa shape index (κ1) is 15.9. The van der Waals surface area contributed by atoms with E-state index in [9.17, 15) is 4.79 Å². The monoisotopic (exact) mass is 313 g/mol. The first-order chi connectivity index (χ1) is 11.1. The number of benzene rings is 1. The normalized spacial score (nSPS) is 15.7. The van der Waals surface area contributed by atoms with Crippen molar-refractivity contribution < 1.29 is 4.79 Å². The summed E-state index contributed by atoms with van der Waals surface area (Å²) in [6, 6.07) is 6.81. The number of rotatable bonds is 4. The van der Waals surface area contributed by atoms with E-state index in [0.29, 0.717) is 12.6 Å². The lowest BCUT2D eigenvalue weighted by Crippen LogP contribution is -2.43. The lowest BCUT2D eigenvalue weighted by atomic mass is 9.96. The molecule has 23 heavy (non-hydrogen) atoms. The highest BCUT2D eigenvalue weighted by Gasteiger charge is 2.15. The lowest BCUT2D eigenvalue weighted by molar-refractivity contribution is 0.233. The molecule has 124 valence electrons. The Morgan fingerprint density at radius 1 is 1.22 bits per heavy atom. The molecule has 2 aromatic rings. The molecule has 1 fully saturated rings. The van der Waals surface area contributed by atoms with E-state index in [1.54, 1.807) is 0 Å². The maximum Gasteiger partial charge on any atom is 0.315 e. The maximum absolute atomic E-state index is 12.0. The largest absolute Gasteiger partial charge is 0.358 e. The van der Waals surface area contributed by atoms with Crippen molar-refractivity contribution in [2.45, 2.75) is 58.4 Å². The van der Waals surface area contributed by atoms with E-state index in [-0.39, 0.29) is 6.03 Å². The van der Waals surface area contributed by atoms with Gasteiger partial charge in [-0.1, -0.05) is 30.9 Å². The molecule has 1 saturated carbocycles. The molecular weight excluding hydrogens is 286 g/mol. The quantitative estimate of drug-likeness (QED) is 0.786. The minimum absolute atomic E-state index is 0.0226.